The first-order valence-corrected chi connectivity index (χ1v) is 11.3. The molecule has 2 aromatic carbocycles. The van der Waals surface area contributed by atoms with Crippen LogP contribution >= 0.6 is 11.8 Å². The molecule has 0 spiro atoms. The summed E-state index contributed by atoms with van der Waals surface area (Å²) in [5.41, 5.74) is 1.79. The summed E-state index contributed by atoms with van der Waals surface area (Å²) in [5.74, 6) is 0.816. The van der Waals surface area contributed by atoms with Gasteiger partial charge < -0.3 is 19.5 Å². The van der Waals surface area contributed by atoms with E-state index in [9.17, 15) is 4.79 Å². The molecule has 0 saturated carbocycles. The number of ether oxygens (including phenoxy) is 1. The van der Waals surface area contributed by atoms with Crippen molar-refractivity contribution < 1.29 is 9.53 Å². The van der Waals surface area contributed by atoms with E-state index in [1.54, 1.807) is 24.3 Å². The Kier molecular flexibility index (Phi) is 8.20. The fraction of sp³-hybridized carbons (Fsp3) is 0.304. The van der Waals surface area contributed by atoms with E-state index in [1.165, 1.54) is 0 Å². The molecule has 3 aromatic rings. The predicted molar refractivity (Wildman–Crippen MR) is 122 cm³/mol. The smallest absolute Gasteiger partial charge is 0.322 e. The highest BCUT2D eigenvalue weighted by Crippen LogP contribution is 2.22. The number of anilines is 1. The molecule has 0 aliphatic carbocycles. The lowest BCUT2D eigenvalue weighted by Gasteiger charge is -2.24. The summed E-state index contributed by atoms with van der Waals surface area (Å²) in [6.45, 7) is 4.45. The van der Waals surface area contributed by atoms with Gasteiger partial charge >= 0.3 is 6.03 Å². The van der Waals surface area contributed by atoms with Gasteiger partial charge in [0.1, 0.15) is 5.75 Å². The second kappa shape index (κ2) is 11.3. The zero-order valence-corrected chi connectivity index (χ0v) is 18.3. The van der Waals surface area contributed by atoms with Crippen LogP contribution in [-0.4, -0.2) is 39.9 Å². The molecule has 0 aliphatic rings. The quantitative estimate of drug-likeness (QED) is 0.459. The van der Waals surface area contributed by atoms with Crippen LogP contribution in [0.15, 0.2) is 72.1 Å². The Morgan fingerprint density at radius 2 is 2.10 bits per heavy atom. The standard InChI is InChI=1S/C23H28N4O2S/c1-3-29-22-11-5-4-8-19(22)17-27(14-7-13-26-15-12-24-18-26)23(28)25-20-9-6-10-21(16-20)30-2/h4-6,8-12,15-16,18H,3,7,13-14,17H2,1-2H3,(H,25,28). The van der Waals surface area contributed by atoms with Crippen LogP contribution in [0.5, 0.6) is 5.75 Å². The van der Waals surface area contributed by atoms with Crippen molar-refractivity contribution in [3.05, 3.63) is 72.8 Å². The summed E-state index contributed by atoms with van der Waals surface area (Å²) in [6, 6.07) is 15.6. The minimum Gasteiger partial charge on any atom is -0.494 e. The molecule has 1 aromatic heterocycles. The average Bonchev–Trinajstić information content (AvgIpc) is 3.28. The Labute approximate surface area is 182 Å². The molecule has 2 amide bonds. The number of carbonyl (C=O) groups is 1. The van der Waals surface area contributed by atoms with E-state index in [2.05, 4.69) is 10.3 Å². The summed E-state index contributed by atoms with van der Waals surface area (Å²) in [6.07, 6.45) is 8.34. The third-order valence-electron chi connectivity index (χ3n) is 4.65. The van der Waals surface area contributed by atoms with Gasteiger partial charge in [-0.15, -0.1) is 11.8 Å². The molecule has 0 aliphatic heterocycles. The molecule has 7 heteroatoms. The molecule has 0 radical (unpaired) electrons. The van der Waals surface area contributed by atoms with Crippen LogP contribution in [0, 0.1) is 0 Å². The van der Waals surface area contributed by atoms with Crippen molar-refractivity contribution in [1.82, 2.24) is 14.5 Å². The molecule has 0 bridgehead atoms. The molecule has 1 heterocycles. The van der Waals surface area contributed by atoms with Crippen molar-refractivity contribution in [2.24, 2.45) is 0 Å². The average molecular weight is 425 g/mol. The van der Waals surface area contributed by atoms with Gasteiger partial charge in [-0.3, -0.25) is 0 Å². The van der Waals surface area contributed by atoms with Gasteiger partial charge in [-0.2, -0.15) is 0 Å². The van der Waals surface area contributed by atoms with E-state index >= 15 is 0 Å². The van der Waals surface area contributed by atoms with Gasteiger partial charge in [0.05, 0.1) is 19.5 Å². The second-order valence-electron chi connectivity index (χ2n) is 6.78. The SMILES string of the molecule is CCOc1ccccc1CN(CCCn1ccnc1)C(=O)Nc1cccc(SC)c1. The summed E-state index contributed by atoms with van der Waals surface area (Å²) >= 11 is 1.65. The number of para-hydroxylation sites is 1. The molecule has 0 fully saturated rings. The number of nitrogens with zero attached hydrogens (tertiary/aromatic N) is 3. The highest BCUT2D eigenvalue weighted by Gasteiger charge is 2.16. The van der Waals surface area contributed by atoms with E-state index in [-0.39, 0.29) is 6.03 Å². The minimum atomic E-state index is -0.120. The molecular weight excluding hydrogens is 396 g/mol. The zero-order chi connectivity index (χ0) is 21.2. The summed E-state index contributed by atoms with van der Waals surface area (Å²) in [5, 5.41) is 3.05. The number of hydrogen-bond acceptors (Lipinski definition) is 4. The number of amides is 2. The predicted octanol–water partition coefficient (Wildman–Crippen LogP) is 5.13. The van der Waals surface area contributed by atoms with Crippen LogP contribution in [0.2, 0.25) is 0 Å². The van der Waals surface area contributed by atoms with Gasteiger partial charge in [0.2, 0.25) is 0 Å². The first-order chi connectivity index (χ1) is 14.7. The highest BCUT2D eigenvalue weighted by molar-refractivity contribution is 7.98. The zero-order valence-electron chi connectivity index (χ0n) is 17.5. The second-order valence-corrected chi connectivity index (χ2v) is 7.66. The first-order valence-electron chi connectivity index (χ1n) is 10.1. The number of imidazole rings is 1. The lowest BCUT2D eigenvalue weighted by Crippen LogP contribution is -2.35. The Balaban J connectivity index is 1.72. The number of nitrogens with one attached hydrogen (secondary N) is 1. The monoisotopic (exact) mass is 424 g/mol. The van der Waals surface area contributed by atoms with Crippen LogP contribution in [0.25, 0.3) is 0 Å². The van der Waals surface area contributed by atoms with E-state index in [1.807, 2.05) is 77.4 Å². The van der Waals surface area contributed by atoms with Gasteiger partial charge in [-0.1, -0.05) is 24.3 Å². The third-order valence-corrected chi connectivity index (χ3v) is 5.37. The van der Waals surface area contributed by atoms with Crippen molar-refractivity contribution in [3.8, 4) is 5.75 Å². The maximum Gasteiger partial charge on any atom is 0.322 e. The van der Waals surface area contributed by atoms with Crippen molar-refractivity contribution in [3.63, 3.8) is 0 Å². The van der Waals surface area contributed by atoms with Crippen LogP contribution in [0.3, 0.4) is 0 Å². The summed E-state index contributed by atoms with van der Waals surface area (Å²) in [4.78, 5) is 20.2. The topological polar surface area (TPSA) is 59.4 Å². The number of thioether (sulfide) groups is 1. The molecule has 3 rings (SSSR count). The minimum absolute atomic E-state index is 0.120. The summed E-state index contributed by atoms with van der Waals surface area (Å²) in [7, 11) is 0. The number of aryl methyl sites for hydroxylation is 1. The van der Waals surface area contributed by atoms with E-state index in [4.69, 9.17) is 4.74 Å². The van der Waals surface area contributed by atoms with Crippen molar-refractivity contribution in [2.45, 2.75) is 31.3 Å². The molecule has 0 saturated heterocycles. The normalized spacial score (nSPS) is 10.6. The van der Waals surface area contributed by atoms with Crippen molar-refractivity contribution >= 4 is 23.5 Å². The number of carbonyl (C=O) groups excluding carboxylic acids is 1. The largest absolute Gasteiger partial charge is 0.494 e. The number of benzene rings is 2. The fourth-order valence-electron chi connectivity index (χ4n) is 3.16. The molecule has 158 valence electrons. The number of rotatable bonds is 10. The number of urea groups is 1. The van der Waals surface area contributed by atoms with Crippen LogP contribution in [-0.2, 0) is 13.1 Å². The van der Waals surface area contributed by atoms with Gasteiger partial charge in [-0.05, 0) is 43.9 Å². The van der Waals surface area contributed by atoms with Crippen molar-refractivity contribution in [2.75, 3.05) is 24.7 Å². The Hall–Kier alpha value is -2.93. The Bertz CT molecular complexity index is 930. The van der Waals surface area contributed by atoms with Crippen LogP contribution in [0.4, 0.5) is 10.5 Å². The molecule has 30 heavy (non-hydrogen) atoms. The molecule has 6 nitrogen and oxygen atoms in total. The van der Waals surface area contributed by atoms with E-state index < -0.39 is 0 Å². The van der Waals surface area contributed by atoms with Gasteiger partial charge in [-0.25, -0.2) is 9.78 Å². The van der Waals surface area contributed by atoms with Gasteiger partial charge in [0, 0.05) is 41.6 Å². The molecule has 0 atom stereocenters. The highest BCUT2D eigenvalue weighted by atomic mass is 32.2. The molecule has 0 unspecified atom stereocenters. The first kappa shape index (κ1) is 21.8. The maximum atomic E-state index is 13.1. The van der Waals surface area contributed by atoms with E-state index in [0.717, 1.165) is 34.9 Å². The van der Waals surface area contributed by atoms with Crippen LogP contribution in [0.1, 0.15) is 18.9 Å². The summed E-state index contributed by atoms with van der Waals surface area (Å²) < 4.78 is 7.78. The van der Waals surface area contributed by atoms with Crippen molar-refractivity contribution in [1.29, 1.82) is 0 Å². The Morgan fingerprint density at radius 3 is 2.87 bits per heavy atom. The number of aromatic nitrogens is 2. The lowest BCUT2D eigenvalue weighted by atomic mass is 10.2. The lowest BCUT2D eigenvalue weighted by molar-refractivity contribution is 0.206. The van der Waals surface area contributed by atoms with Gasteiger partial charge in [0.25, 0.3) is 0 Å². The maximum absolute atomic E-state index is 13.1. The van der Waals surface area contributed by atoms with Gasteiger partial charge in [0.15, 0.2) is 0 Å². The fourth-order valence-corrected chi connectivity index (χ4v) is 3.61. The number of hydrogen-bond donors (Lipinski definition) is 1. The third kappa shape index (κ3) is 6.29. The Morgan fingerprint density at radius 1 is 1.23 bits per heavy atom. The molecular formula is C23H28N4O2S. The van der Waals surface area contributed by atoms with Crippen LogP contribution < -0.4 is 10.1 Å². The molecule has 1 N–H and O–H groups in total. The van der Waals surface area contributed by atoms with E-state index in [0.29, 0.717) is 19.7 Å².